The van der Waals surface area contributed by atoms with Crippen molar-refractivity contribution in [3.05, 3.63) is 77.4 Å². The maximum Gasteiger partial charge on any atom is 0.416 e. The van der Waals surface area contributed by atoms with E-state index in [1.807, 2.05) is 0 Å². The van der Waals surface area contributed by atoms with Gasteiger partial charge in [0, 0.05) is 12.1 Å². The summed E-state index contributed by atoms with van der Waals surface area (Å²) in [6.45, 7) is 0.474. The maximum atomic E-state index is 13.0. The lowest BCUT2D eigenvalue weighted by Gasteiger charge is -2.28. The van der Waals surface area contributed by atoms with Gasteiger partial charge in [-0.15, -0.1) is 0 Å². The minimum atomic E-state index is -4.41. The maximum absolute atomic E-state index is 13.0. The molecule has 0 spiro atoms. The molecule has 3 aromatic rings. The van der Waals surface area contributed by atoms with E-state index in [0.29, 0.717) is 35.9 Å². The summed E-state index contributed by atoms with van der Waals surface area (Å²) in [6, 6.07) is 14.5. The number of amides is 1. The van der Waals surface area contributed by atoms with Crippen molar-refractivity contribution in [2.24, 2.45) is 0 Å². The van der Waals surface area contributed by atoms with Crippen molar-refractivity contribution in [3.8, 4) is 11.5 Å². The minimum absolute atomic E-state index is 0.234. The molecule has 0 fully saturated rings. The number of benzene rings is 2. The molecular formula is C21H16F3N3O2. The summed E-state index contributed by atoms with van der Waals surface area (Å²) in [5, 5.41) is 0. The average Bonchev–Trinajstić information content (AvgIpc) is 2.68. The normalized spacial score (nSPS) is 13.9. The van der Waals surface area contributed by atoms with Crippen LogP contribution < -0.4 is 15.4 Å². The van der Waals surface area contributed by atoms with Crippen molar-refractivity contribution in [1.82, 2.24) is 4.98 Å². The van der Waals surface area contributed by atoms with Crippen molar-refractivity contribution >= 4 is 17.5 Å². The predicted octanol–water partition coefficient (Wildman–Crippen LogP) is 4.68. The number of ether oxygens (including phenoxy) is 1. The van der Waals surface area contributed by atoms with Crippen molar-refractivity contribution in [3.63, 3.8) is 0 Å². The highest BCUT2D eigenvalue weighted by Crippen LogP contribution is 2.32. The monoisotopic (exact) mass is 399 g/mol. The summed E-state index contributed by atoms with van der Waals surface area (Å²) in [6.07, 6.45) is -3.77. The number of hydrogen-bond acceptors (Lipinski definition) is 4. The molecule has 1 aliphatic rings. The van der Waals surface area contributed by atoms with Gasteiger partial charge in [0.15, 0.2) is 0 Å². The largest absolute Gasteiger partial charge is 0.457 e. The van der Waals surface area contributed by atoms with Crippen molar-refractivity contribution in [1.29, 1.82) is 0 Å². The van der Waals surface area contributed by atoms with Crippen molar-refractivity contribution in [2.45, 2.75) is 12.6 Å². The lowest BCUT2D eigenvalue weighted by Crippen LogP contribution is -2.38. The SMILES string of the molecule is Nc1cccc(N2CCc3ccc(Oc4ccc(C(F)(F)F)cc4)cc3C2=O)n1. The van der Waals surface area contributed by atoms with E-state index in [4.69, 9.17) is 10.5 Å². The Balaban J connectivity index is 1.58. The first-order valence-corrected chi connectivity index (χ1v) is 8.84. The van der Waals surface area contributed by atoms with Gasteiger partial charge in [-0.25, -0.2) is 4.98 Å². The number of nitrogens with two attached hydrogens (primary N) is 1. The fourth-order valence-corrected chi connectivity index (χ4v) is 3.17. The number of rotatable bonds is 3. The number of carbonyl (C=O) groups is 1. The molecule has 8 heteroatoms. The Bertz CT molecular complexity index is 1070. The number of pyridine rings is 1. The molecule has 0 radical (unpaired) electrons. The number of fused-ring (bicyclic) bond motifs is 1. The molecule has 0 atom stereocenters. The molecule has 1 aliphatic heterocycles. The summed E-state index contributed by atoms with van der Waals surface area (Å²) >= 11 is 0. The van der Waals surface area contributed by atoms with E-state index in [-0.39, 0.29) is 11.7 Å². The average molecular weight is 399 g/mol. The highest BCUT2D eigenvalue weighted by atomic mass is 19.4. The van der Waals surface area contributed by atoms with Gasteiger partial charge in [-0.05, 0) is 60.5 Å². The molecule has 0 unspecified atom stereocenters. The Morgan fingerprint density at radius 1 is 1.00 bits per heavy atom. The molecule has 2 aromatic carbocycles. The van der Waals surface area contributed by atoms with Crippen LogP contribution in [0.3, 0.4) is 0 Å². The third-order valence-corrected chi connectivity index (χ3v) is 4.61. The number of nitrogens with zero attached hydrogens (tertiary/aromatic N) is 2. The van der Waals surface area contributed by atoms with Gasteiger partial charge >= 0.3 is 6.18 Å². The molecule has 148 valence electrons. The number of alkyl halides is 3. The van der Waals surface area contributed by atoms with Gasteiger partial charge in [0.25, 0.3) is 5.91 Å². The van der Waals surface area contributed by atoms with Crippen molar-refractivity contribution in [2.75, 3.05) is 17.2 Å². The number of aromatic nitrogens is 1. The summed E-state index contributed by atoms with van der Waals surface area (Å²) in [5.74, 6) is 1.16. The van der Waals surface area contributed by atoms with Crippen LogP contribution in [0.25, 0.3) is 0 Å². The standard InChI is InChI=1S/C21H16F3N3O2/c22-21(23,24)14-5-8-15(9-6-14)29-16-7-4-13-10-11-27(20(28)17(13)12-16)19-3-1-2-18(25)26-19/h1-9,12H,10-11H2,(H2,25,26). The van der Waals surface area contributed by atoms with Gasteiger partial charge in [0.05, 0.1) is 5.56 Å². The van der Waals surface area contributed by atoms with E-state index in [2.05, 4.69) is 4.98 Å². The smallest absolute Gasteiger partial charge is 0.416 e. The summed E-state index contributed by atoms with van der Waals surface area (Å²) in [5.41, 5.74) is 6.29. The third-order valence-electron chi connectivity index (χ3n) is 4.61. The fourth-order valence-electron chi connectivity index (χ4n) is 3.17. The number of anilines is 2. The highest BCUT2D eigenvalue weighted by molar-refractivity contribution is 6.08. The van der Waals surface area contributed by atoms with Gasteiger partial charge in [0.1, 0.15) is 23.1 Å². The predicted molar refractivity (Wildman–Crippen MR) is 102 cm³/mol. The molecule has 0 aliphatic carbocycles. The topological polar surface area (TPSA) is 68.4 Å². The second-order valence-corrected chi connectivity index (χ2v) is 6.57. The van der Waals surface area contributed by atoms with Crippen LogP contribution in [0.2, 0.25) is 0 Å². The zero-order valence-electron chi connectivity index (χ0n) is 15.1. The molecule has 1 amide bonds. The van der Waals surface area contributed by atoms with Gasteiger partial charge in [-0.2, -0.15) is 13.2 Å². The molecule has 0 bridgehead atoms. The third kappa shape index (κ3) is 3.87. The molecule has 0 saturated heterocycles. The van der Waals surface area contributed by atoms with Gasteiger partial charge in [0.2, 0.25) is 0 Å². The zero-order chi connectivity index (χ0) is 20.6. The van der Waals surface area contributed by atoms with Crippen molar-refractivity contribution < 1.29 is 22.7 Å². The number of nitrogen functional groups attached to an aromatic ring is 1. The highest BCUT2D eigenvalue weighted by Gasteiger charge is 2.30. The molecule has 5 nitrogen and oxygen atoms in total. The minimum Gasteiger partial charge on any atom is -0.457 e. The Labute approximate surface area is 164 Å². The van der Waals surface area contributed by atoms with Gasteiger partial charge < -0.3 is 10.5 Å². The lowest BCUT2D eigenvalue weighted by molar-refractivity contribution is -0.137. The summed E-state index contributed by atoms with van der Waals surface area (Å²) < 4.78 is 43.7. The molecule has 2 N–H and O–H groups in total. The Morgan fingerprint density at radius 3 is 2.41 bits per heavy atom. The van der Waals surface area contributed by atoms with Gasteiger partial charge in [-0.3, -0.25) is 9.69 Å². The van der Waals surface area contributed by atoms with Crippen LogP contribution >= 0.6 is 0 Å². The number of carbonyl (C=O) groups excluding carboxylic acids is 1. The van der Waals surface area contributed by atoms with Crippen LogP contribution in [0.4, 0.5) is 24.8 Å². The fraction of sp³-hybridized carbons (Fsp3) is 0.143. The van der Waals surface area contributed by atoms with Crippen LogP contribution in [0.1, 0.15) is 21.5 Å². The Kier molecular flexibility index (Phi) is 4.62. The van der Waals surface area contributed by atoms with Crippen LogP contribution in [-0.4, -0.2) is 17.4 Å². The number of hydrogen-bond donors (Lipinski definition) is 1. The second kappa shape index (κ2) is 7.12. The van der Waals surface area contributed by atoms with E-state index in [1.165, 1.54) is 12.1 Å². The number of halogens is 3. The Hall–Kier alpha value is -3.55. The van der Waals surface area contributed by atoms with Crippen LogP contribution in [0.5, 0.6) is 11.5 Å². The first kappa shape index (κ1) is 18.8. The first-order valence-electron chi connectivity index (χ1n) is 8.84. The van der Waals surface area contributed by atoms with E-state index in [9.17, 15) is 18.0 Å². The van der Waals surface area contributed by atoms with Gasteiger partial charge in [-0.1, -0.05) is 12.1 Å². The summed E-state index contributed by atoms with van der Waals surface area (Å²) in [7, 11) is 0. The van der Waals surface area contributed by atoms with Crippen LogP contribution in [0, 0.1) is 0 Å². The van der Waals surface area contributed by atoms with E-state index >= 15 is 0 Å². The molecule has 1 aromatic heterocycles. The second-order valence-electron chi connectivity index (χ2n) is 6.57. The molecule has 2 heterocycles. The quantitative estimate of drug-likeness (QED) is 0.695. The van der Waals surface area contributed by atoms with E-state index < -0.39 is 11.7 Å². The molecule has 0 saturated carbocycles. The van der Waals surface area contributed by atoms with Crippen LogP contribution in [-0.2, 0) is 12.6 Å². The summed E-state index contributed by atoms with van der Waals surface area (Å²) in [4.78, 5) is 18.7. The first-order chi connectivity index (χ1) is 13.8. The Morgan fingerprint density at radius 2 is 1.72 bits per heavy atom. The molecule has 4 rings (SSSR count). The van der Waals surface area contributed by atoms with E-state index in [1.54, 1.807) is 41.3 Å². The lowest BCUT2D eigenvalue weighted by atomic mass is 9.98. The zero-order valence-corrected chi connectivity index (χ0v) is 15.1. The molecular weight excluding hydrogens is 383 g/mol. The van der Waals surface area contributed by atoms with Crippen LogP contribution in [0.15, 0.2) is 60.7 Å². The molecule has 29 heavy (non-hydrogen) atoms. The van der Waals surface area contributed by atoms with E-state index in [0.717, 1.165) is 17.7 Å².